The molecule has 18 heavy (non-hydrogen) atoms. The molecule has 1 atom stereocenters. The zero-order chi connectivity index (χ0) is 13.7. The number of rotatable bonds is 6. The average molecular weight is 254 g/mol. The van der Waals surface area contributed by atoms with Gasteiger partial charge >= 0.3 is 0 Å². The summed E-state index contributed by atoms with van der Waals surface area (Å²) in [6.07, 6.45) is 0. The zero-order valence-corrected chi connectivity index (χ0v) is 11.6. The van der Waals surface area contributed by atoms with E-state index >= 15 is 0 Å². The molecule has 1 rings (SSSR count). The highest BCUT2D eigenvalue weighted by molar-refractivity contribution is 5.34. The van der Waals surface area contributed by atoms with Gasteiger partial charge < -0.3 is 15.3 Å². The van der Waals surface area contributed by atoms with Crippen molar-refractivity contribution in [1.29, 1.82) is 0 Å². The maximum absolute atomic E-state index is 13.1. The van der Waals surface area contributed by atoms with E-state index in [0.717, 1.165) is 13.1 Å². The van der Waals surface area contributed by atoms with Gasteiger partial charge in [0.2, 0.25) is 0 Å². The fourth-order valence-electron chi connectivity index (χ4n) is 1.70. The number of aromatic hydroxyl groups is 1. The molecule has 1 unspecified atom stereocenters. The fourth-order valence-corrected chi connectivity index (χ4v) is 1.70. The predicted molar refractivity (Wildman–Crippen MR) is 72.2 cm³/mol. The highest BCUT2D eigenvalue weighted by Crippen LogP contribution is 2.24. The van der Waals surface area contributed by atoms with Gasteiger partial charge in [-0.1, -0.05) is 0 Å². The molecule has 1 aromatic rings. The summed E-state index contributed by atoms with van der Waals surface area (Å²) in [5.41, 5.74) is 0.599. The third-order valence-electron chi connectivity index (χ3n) is 3.25. The van der Waals surface area contributed by atoms with E-state index in [-0.39, 0.29) is 17.6 Å². The maximum atomic E-state index is 13.1. The van der Waals surface area contributed by atoms with Gasteiger partial charge in [0.1, 0.15) is 11.6 Å². The van der Waals surface area contributed by atoms with Gasteiger partial charge in [-0.15, -0.1) is 0 Å². The SMILES string of the molecule is CC(NCCN(C)C(C)C)c1cc(F)ccc1O. The molecule has 0 fully saturated rings. The lowest BCUT2D eigenvalue weighted by atomic mass is 10.1. The first-order chi connectivity index (χ1) is 8.41. The molecule has 0 amide bonds. The summed E-state index contributed by atoms with van der Waals surface area (Å²) < 4.78 is 13.1. The molecule has 0 saturated carbocycles. The second-order valence-corrected chi connectivity index (χ2v) is 4.95. The van der Waals surface area contributed by atoms with Crippen LogP contribution in [0.3, 0.4) is 0 Å². The molecule has 4 heteroatoms. The second kappa shape index (κ2) is 6.71. The standard InChI is InChI=1S/C14H23FN2O/c1-10(2)17(4)8-7-16-11(3)13-9-12(15)5-6-14(13)18/h5-6,9-11,16,18H,7-8H2,1-4H3. The van der Waals surface area contributed by atoms with Crippen molar-refractivity contribution in [3.8, 4) is 5.75 Å². The van der Waals surface area contributed by atoms with Gasteiger partial charge in [0.25, 0.3) is 0 Å². The highest BCUT2D eigenvalue weighted by atomic mass is 19.1. The largest absolute Gasteiger partial charge is 0.508 e. The minimum Gasteiger partial charge on any atom is -0.508 e. The van der Waals surface area contributed by atoms with Gasteiger partial charge in [-0.3, -0.25) is 0 Å². The molecular formula is C14H23FN2O. The molecule has 3 nitrogen and oxygen atoms in total. The molecular weight excluding hydrogens is 231 g/mol. The van der Waals surface area contributed by atoms with E-state index in [4.69, 9.17) is 0 Å². The minimum absolute atomic E-state index is 0.0683. The quantitative estimate of drug-likeness (QED) is 0.819. The van der Waals surface area contributed by atoms with E-state index in [0.29, 0.717) is 11.6 Å². The summed E-state index contributed by atoms with van der Waals surface area (Å²) >= 11 is 0. The van der Waals surface area contributed by atoms with Gasteiger partial charge in [-0.05, 0) is 46.0 Å². The summed E-state index contributed by atoms with van der Waals surface area (Å²) in [7, 11) is 2.07. The Balaban J connectivity index is 2.50. The van der Waals surface area contributed by atoms with Crippen LogP contribution >= 0.6 is 0 Å². The van der Waals surface area contributed by atoms with Crippen molar-refractivity contribution in [3.63, 3.8) is 0 Å². The van der Waals surface area contributed by atoms with E-state index in [2.05, 4.69) is 31.1 Å². The van der Waals surface area contributed by atoms with Gasteiger partial charge in [-0.2, -0.15) is 0 Å². The van der Waals surface area contributed by atoms with Crippen molar-refractivity contribution in [2.24, 2.45) is 0 Å². The molecule has 0 aliphatic carbocycles. The summed E-state index contributed by atoms with van der Waals surface area (Å²) in [6, 6.07) is 4.46. The number of likely N-dealkylation sites (N-methyl/N-ethyl adjacent to an activating group) is 1. The van der Waals surface area contributed by atoms with Crippen LogP contribution in [-0.4, -0.2) is 36.2 Å². The predicted octanol–water partition coefficient (Wildman–Crippen LogP) is 2.52. The topological polar surface area (TPSA) is 35.5 Å². The van der Waals surface area contributed by atoms with Crippen LogP contribution in [0, 0.1) is 5.82 Å². The number of phenolic OH excluding ortho intramolecular Hbond substituents is 1. The van der Waals surface area contributed by atoms with Gasteiger partial charge in [0.05, 0.1) is 0 Å². The second-order valence-electron chi connectivity index (χ2n) is 4.95. The van der Waals surface area contributed by atoms with Crippen LogP contribution in [0.4, 0.5) is 4.39 Å². The third kappa shape index (κ3) is 4.27. The van der Waals surface area contributed by atoms with Crippen LogP contribution in [0.15, 0.2) is 18.2 Å². The van der Waals surface area contributed by atoms with Crippen LogP contribution in [0.1, 0.15) is 32.4 Å². The van der Waals surface area contributed by atoms with Gasteiger partial charge in [0.15, 0.2) is 0 Å². The smallest absolute Gasteiger partial charge is 0.123 e. The number of nitrogens with one attached hydrogen (secondary N) is 1. The van der Waals surface area contributed by atoms with Crippen molar-refractivity contribution in [3.05, 3.63) is 29.6 Å². The number of phenols is 1. The van der Waals surface area contributed by atoms with E-state index in [1.165, 1.54) is 18.2 Å². The van der Waals surface area contributed by atoms with Crippen LogP contribution in [0.25, 0.3) is 0 Å². The number of halogens is 1. The van der Waals surface area contributed by atoms with Crippen LogP contribution in [-0.2, 0) is 0 Å². The number of hydrogen-bond acceptors (Lipinski definition) is 3. The number of benzene rings is 1. The Morgan fingerprint density at radius 1 is 1.33 bits per heavy atom. The first kappa shape index (κ1) is 14.9. The molecule has 102 valence electrons. The lowest BCUT2D eigenvalue weighted by Crippen LogP contribution is -2.34. The summed E-state index contributed by atoms with van der Waals surface area (Å²) in [4.78, 5) is 2.23. The zero-order valence-electron chi connectivity index (χ0n) is 11.6. The van der Waals surface area contributed by atoms with Crippen LogP contribution in [0.5, 0.6) is 5.75 Å². The van der Waals surface area contributed by atoms with Crippen molar-refractivity contribution in [2.75, 3.05) is 20.1 Å². The molecule has 0 heterocycles. The van der Waals surface area contributed by atoms with Crippen molar-refractivity contribution in [2.45, 2.75) is 32.9 Å². The molecule has 0 aromatic heterocycles. The normalized spacial score (nSPS) is 13.3. The Kier molecular flexibility index (Phi) is 5.56. The summed E-state index contributed by atoms with van der Waals surface area (Å²) in [5.74, 6) is -0.190. The monoisotopic (exact) mass is 254 g/mol. The van der Waals surface area contributed by atoms with Crippen molar-refractivity contribution >= 4 is 0 Å². The molecule has 0 radical (unpaired) electrons. The molecule has 0 spiro atoms. The summed E-state index contributed by atoms with van der Waals surface area (Å²) in [6.45, 7) is 7.91. The van der Waals surface area contributed by atoms with E-state index in [9.17, 15) is 9.50 Å². The Morgan fingerprint density at radius 2 is 2.00 bits per heavy atom. The summed E-state index contributed by atoms with van der Waals surface area (Å²) in [5, 5.41) is 13.0. The highest BCUT2D eigenvalue weighted by Gasteiger charge is 2.11. The third-order valence-corrected chi connectivity index (χ3v) is 3.25. The average Bonchev–Trinajstić information content (AvgIpc) is 2.31. The molecule has 2 N–H and O–H groups in total. The first-order valence-corrected chi connectivity index (χ1v) is 6.34. The Morgan fingerprint density at radius 3 is 2.61 bits per heavy atom. The molecule has 0 bridgehead atoms. The Bertz CT molecular complexity index is 382. The maximum Gasteiger partial charge on any atom is 0.123 e. The van der Waals surface area contributed by atoms with E-state index < -0.39 is 0 Å². The number of hydrogen-bond donors (Lipinski definition) is 2. The molecule has 0 saturated heterocycles. The van der Waals surface area contributed by atoms with Crippen LogP contribution < -0.4 is 5.32 Å². The van der Waals surface area contributed by atoms with Gasteiger partial charge in [-0.25, -0.2) is 4.39 Å². The van der Waals surface area contributed by atoms with E-state index in [1.54, 1.807) is 0 Å². The number of nitrogens with zero attached hydrogens (tertiary/aromatic N) is 1. The molecule has 0 aliphatic heterocycles. The molecule has 1 aromatic carbocycles. The lowest BCUT2D eigenvalue weighted by Gasteiger charge is -2.23. The lowest BCUT2D eigenvalue weighted by molar-refractivity contribution is 0.269. The Hall–Kier alpha value is -1.13. The van der Waals surface area contributed by atoms with Gasteiger partial charge in [0, 0.05) is 30.7 Å². The first-order valence-electron chi connectivity index (χ1n) is 6.34. The fraction of sp³-hybridized carbons (Fsp3) is 0.571. The van der Waals surface area contributed by atoms with Crippen molar-refractivity contribution in [1.82, 2.24) is 10.2 Å². The Labute approximate surface area is 109 Å². The minimum atomic E-state index is -0.323. The molecule has 0 aliphatic rings. The van der Waals surface area contributed by atoms with Crippen molar-refractivity contribution < 1.29 is 9.50 Å². The van der Waals surface area contributed by atoms with E-state index in [1.807, 2.05) is 6.92 Å². The van der Waals surface area contributed by atoms with Crippen LogP contribution in [0.2, 0.25) is 0 Å².